The normalized spacial score (nSPS) is 15.2. The van der Waals surface area contributed by atoms with Gasteiger partial charge >= 0.3 is 0 Å². The van der Waals surface area contributed by atoms with Crippen LogP contribution >= 0.6 is 0 Å². The minimum atomic E-state index is -0.930. The van der Waals surface area contributed by atoms with Gasteiger partial charge in [-0.05, 0) is 30.7 Å². The summed E-state index contributed by atoms with van der Waals surface area (Å²) in [4.78, 5) is 44.7. The monoisotopic (exact) mass is 389 g/mol. The molecule has 4 rings (SSSR count). The van der Waals surface area contributed by atoms with Crippen LogP contribution in [0.15, 0.2) is 59.4 Å². The molecule has 8 heteroatoms. The zero-order chi connectivity index (χ0) is 20.4. The molecule has 0 fully saturated rings. The van der Waals surface area contributed by atoms with E-state index in [1.54, 1.807) is 12.1 Å². The third kappa shape index (κ3) is 3.86. The van der Waals surface area contributed by atoms with Crippen molar-refractivity contribution < 1.29 is 9.59 Å². The zero-order valence-electron chi connectivity index (χ0n) is 15.7. The third-order valence-corrected chi connectivity index (χ3v) is 4.71. The largest absolute Gasteiger partial charge is 0.326 e. The van der Waals surface area contributed by atoms with Crippen molar-refractivity contribution in [2.24, 2.45) is 0 Å². The second-order valence-electron chi connectivity index (χ2n) is 6.78. The maximum Gasteiger partial charge on any atom is 0.258 e. The van der Waals surface area contributed by atoms with E-state index in [0.29, 0.717) is 5.69 Å². The molecule has 146 valence electrons. The van der Waals surface area contributed by atoms with Crippen molar-refractivity contribution in [1.82, 2.24) is 9.97 Å². The highest BCUT2D eigenvalue weighted by molar-refractivity contribution is 6.04. The molecule has 0 saturated carbocycles. The van der Waals surface area contributed by atoms with Crippen LogP contribution in [0, 0.1) is 6.92 Å². The molecule has 29 heavy (non-hydrogen) atoms. The number of rotatable bonds is 4. The summed E-state index contributed by atoms with van der Waals surface area (Å²) in [5, 5.41) is 8.39. The molecular weight excluding hydrogens is 370 g/mol. The topological polar surface area (TPSA) is 116 Å². The van der Waals surface area contributed by atoms with Crippen molar-refractivity contribution in [2.45, 2.75) is 19.3 Å². The van der Waals surface area contributed by atoms with Gasteiger partial charge in [0.25, 0.3) is 5.56 Å². The lowest BCUT2D eigenvalue weighted by Crippen LogP contribution is -2.36. The first-order chi connectivity index (χ1) is 14.0. The van der Waals surface area contributed by atoms with Crippen molar-refractivity contribution in [3.8, 4) is 0 Å². The standard InChI is InChI=1S/C21H19N5O3/c1-12-7-5-6-10-15(12)23-19(28)14-11-16(27)24-18-17(14)20(29)26-21(25-18)22-13-8-3-2-4-9-13/h2-10,14H,11H2,1H3,(H,23,28)(H3,22,24,25,26,27,29). The predicted molar refractivity (Wildman–Crippen MR) is 110 cm³/mol. The molecule has 0 aliphatic carbocycles. The lowest BCUT2D eigenvalue weighted by molar-refractivity contribution is -0.123. The fourth-order valence-electron chi connectivity index (χ4n) is 3.25. The van der Waals surface area contributed by atoms with Crippen LogP contribution < -0.4 is 21.5 Å². The van der Waals surface area contributed by atoms with Gasteiger partial charge in [-0.15, -0.1) is 0 Å². The Morgan fingerprint density at radius 3 is 2.55 bits per heavy atom. The van der Waals surface area contributed by atoms with Crippen LogP contribution in [-0.4, -0.2) is 21.8 Å². The van der Waals surface area contributed by atoms with Gasteiger partial charge in [0, 0.05) is 17.8 Å². The number of benzene rings is 2. The van der Waals surface area contributed by atoms with Crippen LogP contribution in [0.25, 0.3) is 0 Å². The molecule has 1 aromatic heterocycles. The lowest BCUT2D eigenvalue weighted by Gasteiger charge is -2.24. The Morgan fingerprint density at radius 1 is 1.07 bits per heavy atom. The summed E-state index contributed by atoms with van der Waals surface area (Å²) in [6.45, 7) is 1.87. The molecule has 0 spiro atoms. The molecule has 1 unspecified atom stereocenters. The smallest absolute Gasteiger partial charge is 0.258 e. The fraction of sp³-hybridized carbons (Fsp3) is 0.143. The Kier molecular flexibility index (Phi) is 4.82. The van der Waals surface area contributed by atoms with E-state index in [1.807, 2.05) is 49.4 Å². The highest BCUT2D eigenvalue weighted by Crippen LogP contribution is 2.30. The van der Waals surface area contributed by atoms with E-state index in [-0.39, 0.29) is 29.7 Å². The van der Waals surface area contributed by atoms with Gasteiger partial charge in [0.1, 0.15) is 5.82 Å². The maximum atomic E-state index is 12.9. The highest BCUT2D eigenvalue weighted by Gasteiger charge is 2.34. The maximum absolute atomic E-state index is 12.9. The molecule has 1 aliphatic heterocycles. The van der Waals surface area contributed by atoms with Gasteiger partial charge in [0.15, 0.2) is 0 Å². The first kappa shape index (κ1) is 18.4. The predicted octanol–water partition coefficient (Wildman–Crippen LogP) is 2.89. The van der Waals surface area contributed by atoms with E-state index in [0.717, 1.165) is 11.3 Å². The summed E-state index contributed by atoms with van der Waals surface area (Å²) in [6, 6.07) is 16.5. The summed E-state index contributed by atoms with van der Waals surface area (Å²) in [5.74, 6) is -1.45. The van der Waals surface area contributed by atoms with Crippen molar-refractivity contribution >= 4 is 35.0 Å². The van der Waals surface area contributed by atoms with Gasteiger partial charge < -0.3 is 16.0 Å². The third-order valence-electron chi connectivity index (χ3n) is 4.71. The lowest BCUT2D eigenvalue weighted by atomic mass is 9.92. The average Bonchev–Trinajstić information content (AvgIpc) is 2.69. The number of hydrogen-bond donors (Lipinski definition) is 4. The summed E-state index contributed by atoms with van der Waals surface area (Å²) in [7, 11) is 0. The number of nitrogens with zero attached hydrogens (tertiary/aromatic N) is 1. The molecule has 0 radical (unpaired) electrons. The van der Waals surface area contributed by atoms with Crippen LogP contribution in [0.4, 0.5) is 23.1 Å². The molecule has 0 bridgehead atoms. The van der Waals surface area contributed by atoms with E-state index >= 15 is 0 Å². The van der Waals surface area contributed by atoms with E-state index < -0.39 is 17.4 Å². The number of anilines is 4. The zero-order valence-corrected chi connectivity index (χ0v) is 15.7. The van der Waals surface area contributed by atoms with E-state index in [2.05, 4.69) is 25.9 Å². The molecule has 2 heterocycles. The quantitative estimate of drug-likeness (QED) is 0.548. The second kappa shape index (κ2) is 7.59. The summed E-state index contributed by atoms with van der Waals surface area (Å²) in [5.41, 5.74) is 1.92. The van der Waals surface area contributed by atoms with Crippen LogP contribution in [-0.2, 0) is 9.59 Å². The molecule has 1 aliphatic rings. The van der Waals surface area contributed by atoms with Crippen molar-refractivity contribution in [3.05, 3.63) is 76.1 Å². The van der Waals surface area contributed by atoms with E-state index in [9.17, 15) is 14.4 Å². The average molecular weight is 389 g/mol. The number of para-hydroxylation sites is 2. The number of H-pyrrole nitrogens is 1. The second-order valence-corrected chi connectivity index (χ2v) is 6.78. The molecule has 4 N–H and O–H groups in total. The van der Waals surface area contributed by atoms with Crippen molar-refractivity contribution in [2.75, 3.05) is 16.0 Å². The SMILES string of the molecule is Cc1ccccc1NC(=O)C1CC(=O)Nc2nc(Nc3ccccc3)[nH]c(=O)c21. The number of carbonyl (C=O) groups is 2. The number of amides is 2. The van der Waals surface area contributed by atoms with Crippen LogP contribution in [0.1, 0.15) is 23.5 Å². The molecular formula is C21H19N5O3. The number of fused-ring (bicyclic) bond motifs is 1. The summed E-state index contributed by atoms with van der Waals surface area (Å²) in [6.07, 6.45) is -0.124. The van der Waals surface area contributed by atoms with Gasteiger partial charge in [-0.2, -0.15) is 4.98 Å². The number of hydrogen-bond acceptors (Lipinski definition) is 5. The Labute approximate surface area is 166 Å². The van der Waals surface area contributed by atoms with E-state index in [4.69, 9.17) is 0 Å². The number of carbonyl (C=O) groups excluding carboxylic acids is 2. The molecule has 8 nitrogen and oxygen atoms in total. The number of aromatic nitrogens is 2. The van der Waals surface area contributed by atoms with Crippen LogP contribution in [0.2, 0.25) is 0 Å². The Bertz CT molecular complexity index is 1140. The van der Waals surface area contributed by atoms with Crippen LogP contribution in [0.5, 0.6) is 0 Å². The van der Waals surface area contributed by atoms with Gasteiger partial charge in [0.2, 0.25) is 17.8 Å². The first-order valence-corrected chi connectivity index (χ1v) is 9.14. The highest BCUT2D eigenvalue weighted by atomic mass is 16.2. The van der Waals surface area contributed by atoms with Crippen LogP contribution in [0.3, 0.4) is 0 Å². The van der Waals surface area contributed by atoms with E-state index in [1.165, 1.54) is 0 Å². The minimum absolute atomic E-state index is 0.0911. The van der Waals surface area contributed by atoms with Gasteiger partial charge in [-0.25, -0.2) is 0 Å². The molecule has 2 amide bonds. The van der Waals surface area contributed by atoms with Crippen molar-refractivity contribution in [1.29, 1.82) is 0 Å². The Morgan fingerprint density at radius 2 is 1.79 bits per heavy atom. The molecule has 3 aromatic rings. The molecule has 0 saturated heterocycles. The summed E-state index contributed by atoms with van der Waals surface area (Å²) >= 11 is 0. The van der Waals surface area contributed by atoms with Gasteiger partial charge in [0.05, 0.1) is 11.5 Å². The number of aromatic amines is 1. The molecule has 1 atom stereocenters. The van der Waals surface area contributed by atoms with Crippen molar-refractivity contribution in [3.63, 3.8) is 0 Å². The Balaban J connectivity index is 1.66. The number of aryl methyl sites for hydroxylation is 1. The first-order valence-electron chi connectivity index (χ1n) is 9.14. The number of nitrogens with one attached hydrogen (secondary N) is 4. The fourth-order valence-corrected chi connectivity index (χ4v) is 3.25. The van der Waals surface area contributed by atoms with Gasteiger partial charge in [-0.3, -0.25) is 19.4 Å². The minimum Gasteiger partial charge on any atom is -0.326 e. The van der Waals surface area contributed by atoms with Gasteiger partial charge in [-0.1, -0.05) is 36.4 Å². The Hall–Kier alpha value is -3.94. The summed E-state index contributed by atoms with van der Waals surface area (Å²) < 4.78 is 0. The molecule has 2 aromatic carbocycles.